The average Bonchev–Trinajstić information content (AvgIpc) is 2.81. The van der Waals surface area contributed by atoms with Crippen LogP contribution in [0.15, 0.2) is 15.9 Å². The van der Waals surface area contributed by atoms with E-state index in [1.54, 1.807) is 11.3 Å². The van der Waals surface area contributed by atoms with Gasteiger partial charge in [0.05, 0.1) is 15.7 Å². The van der Waals surface area contributed by atoms with E-state index in [2.05, 4.69) is 28.1 Å². The molecule has 0 spiro atoms. The zero-order valence-electron chi connectivity index (χ0n) is 12.5. The fraction of sp³-hybridized carbons (Fsp3) is 0.706. The zero-order chi connectivity index (χ0) is 14.6. The second kappa shape index (κ2) is 5.09. The minimum Gasteiger partial charge on any atom is -0.340 e. The molecule has 4 saturated carbocycles. The van der Waals surface area contributed by atoms with E-state index in [4.69, 9.17) is 0 Å². The molecule has 1 aromatic rings. The molecule has 0 aromatic carbocycles. The summed E-state index contributed by atoms with van der Waals surface area (Å²) >= 11 is 5.24. The highest BCUT2D eigenvalue weighted by molar-refractivity contribution is 9.11. The average molecular weight is 368 g/mol. The van der Waals surface area contributed by atoms with Gasteiger partial charge in [-0.15, -0.1) is 11.3 Å². The Balaban J connectivity index is 1.51. The maximum absolute atomic E-state index is 13.1. The maximum Gasteiger partial charge on any atom is 0.228 e. The van der Waals surface area contributed by atoms with Crippen molar-refractivity contribution in [2.24, 2.45) is 23.2 Å². The molecule has 0 saturated heterocycles. The van der Waals surface area contributed by atoms with Gasteiger partial charge >= 0.3 is 0 Å². The molecule has 0 radical (unpaired) electrons. The van der Waals surface area contributed by atoms with Crippen LogP contribution < -0.4 is 0 Å². The van der Waals surface area contributed by atoms with Gasteiger partial charge in [-0.25, -0.2) is 0 Å². The number of halogens is 1. The highest BCUT2D eigenvalue weighted by Gasteiger charge is 2.55. The van der Waals surface area contributed by atoms with Gasteiger partial charge in [-0.3, -0.25) is 4.79 Å². The Bertz CT molecular complexity index is 532. The fourth-order valence-electron chi connectivity index (χ4n) is 5.52. The molecule has 1 heterocycles. The van der Waals surface area contributed by atoms with Gasteiger partial charge in [0.15, 0.2) is 0 Å². The maximum atomic E-state index is 13.1. The molecule has 4 aliphatic carbocycles. The molecule has 1 aromatic heterocycles. The highest BCUT2D eigenvalue weighted by atomic mass is 79.9. The summed E-state index contributed by atoms with van der Waals surface area (Å²) in [7, 11) is 1.99. The predicted molar refractivity (Wildman–Crippen MR) is 89.1 cm³/mol. The van der Waals surface area contributed by atoms with Crippen molar-refractivity contribution in [1.82, 2.24) is 4.90 Å². The lowest BCUT2D eigenvalue weighted by molar-refractivity contribution is -0.156. The molecule has 0 N–H and O–H groups in total. The van der Waals surface area contributed by atoms with Crippen LogP contribution in [-0.4, -0.2) is 17.9 Å². The number of carbonyl (C=O) groups is 1. The normalized spacial score (nSPS) is 37.0. The number of thiophene rings is 1. The molecule has 114 valence electrons. The summed E-state index contributed by atoms with van der Waals surface area (Å²) in [5.74, 6) is 2.93. The standard InChI is InChI=1S/C17H22BrNOS/c1-19(10-14-2-3-15(18)21-14)16(20)17-7-11-4-12(8-17)6-13(5-11)9-17/h2-3,11-13H,4-10H2,1H3. The van der Waals surface area contributed by atoms with Gasteiger partial charge in [-0.1, -0.05) is 0 Å². The van der Waals surface area contributed by atoms with Gasteiger partial charge in [0, 0.05) is 11.9 Å². The lowest BCUT2D eigenvalue weighted by Crippen LogP contribution is -2.53. The molecular formula is C17H22BrNOS. The molecule has 0 unspecified atom stereocenters. The Kier molecular flexibility index (Phi) is 3.45. The topological polar surface area (TPSA) is 20.3 Å². The molecule has 21 heavy (non-hydrogen) atoms. The highest BCUT2D eigenvalue weighted by Crippen LogP contribution is 2.60. The molecule has 0 atom stereocenters. The van der Waals surface area contributed by atoms with Gasteiger partial charge in [0.25, 0.3) is 0 Å². The first-order valence-electron chi connectivity index (χ1n) is 8.04. The van der Waals surface area contributed by atoms with Crippen LogP contribution in [-0.2, 0) is 11.3 Å². The number of carbonyl (C=O) groups excluding carboxylic acids is 1. The SMILES string of the molecule is CN(Cc1ccc(Br)s1)C(=O)C12CC3CC(CC(C3)C1)C2. The number of nitrogens with zero attached hydrogens (tertiary/aromatic N) is 1. The minimum atomic E-state index is -0.00199. The third-order valence-electron chi connectivity index (χ3n) is 5.86. The summed E-state index contributed by atoms with van der Waals surface area (Å²) in [6.07, 6.45) is 7.68. The van der Waals surface area contributed by atoms with Crippen molar-refractivity contribution in [3.05, 3.63) is 20.8 Å². The van der Waals surface area contributed by atoms with E-state index in [1.807, 2.05) is 11.9 Å². The van der Waals surface area contributed by atoms with Crippen LogP contribution in [0.1, 0.15) is 43.4 Å². The Morgan fingerprint density at radius 1 is 1.24 bits per heavy atom. The first-order valence-corrected chi connectivity index (χ1v) is 9.65. The molecular weight excluding hydrogens is 346 g/mol. The van der Waals surface area contributed by atoms with Crippen molar-refractivity contribution in [3.63, 3.8) is 0 Å². The molecule has 4 aliphatic rings. The minimum absolute atomic E-state index is 0.00199. The van der Waals surface area contributed by atoms with E-state index < -0.39 is 0 Å². The van der Waals surface area contributed by atoms with Crippen molar-refractivity contribution in [3.8, 4) is 0 Å². The number of rotatable bonds is 3. The number of hydrogen-bond acceptors (Lipinski definition) is 2. The fourth-order valence-corrected chi connectivity index (χ4v) is 7.06. The van der Waals surface area contributed by atoms with Gasteiger partial charge in [-0.2, -0.15) is 0 Å². The molecule has 5 rings (SSSR count). The quantitative estimate of drug-likeness (QED) is 0.758. The van der Waals surface area contributed by atoms with E-state index in [-0.39, 0.29) is 5.41 Å². The van der Waals surface area contributed by atoms with E-state index in [0.29, 0.717) is 5.91 Å². The molecule has 4 heteroatoms. The van der Waals surface area contributed by atoms with Crippen molar-refractivity contribution in [1.29, 1.82) is 0 Å². The molecule has 1 amide bonds. The third kappa shape index (κ3) is 2.48. The van der Waals surface area contributed by atoms with Crippen LogP contribution >= 0.6 is 27.3 Å². The summed E-state index contributed by atoms with van der Waals surface area (Å²) in [6, 6.07) is 4.20. The zero-order valence-corrected chi connectivity index (χ0v) is 14.9. The van der Waals surface area contributed by atoms with Gasteiger partial charge in [0.2, 0.25) is 5.91 Å². The second-order valence-electron chi connectivity index (χ2n) is 7.56. The Morgan fingerprint density at radius 3 is 2.29 bits per heavy atom. The Morgan fingerprint density at radius 2 is 1.81 bits per heavy atom. The third-order valence-corrected chi connectivity index (χ3v) is 7.47. The van der Waals surface area contributed by atoms with Crippen LogP contribution in [0, 0.1) is 23.2 Å². The van der Waals surface area contributed by atoms with Crippen molar-refractivity contribution < 1.29 is 4.79 Å². The number of hydrogen-bond donors (Lipinski definition) is 0. The smallest absolute Gasteiger partial charge is 0.228 e. The Labute approximate surface area is 139 Å². The lowest BCUT2D eigenvalue weighted by Gasteiger charge is -2.56. The van der Waals surface area contributed by atoms with Crippen LogP contribution in [0.3, 0.4) is 0 Å². The monoisotopic (exact) mass is 367 g/mol. The summed E-state index contributed by atoms with van der Waals surface area (Å²) < 4.78 is 1.15. The van der Waals surface area contributed by atoms with Crippen LogP contribution in [0.2, 0.25) is 0 Å². The number of amides is 1. The largest absolute Gasteiger partial charge is 0.340 e. The summed E-state index contributed by atoms with van der Waals surface area (Å²) in [5, 5.41) is 0. The summed E-state index contributed by atoms with van der Waals surface area (Å²) in [6.45, 7) is 0.761. The van der Waals surface area contributed by atoms with Gasteiger partial charge in [0.1, 0.15) is 0 Å². The van der Waals surface area contributed by atoms with Crippen LogP contribution in [0.25, 0.3) is 0 Å². The van der Waals surface area contributed by atoms with E-state index in [9.17, 15) is 4.79 Å². The first-order chi connectivity index (χ1) is 10.0. The van der Waals surface area contributed by atoms with Crippen LogP contribution in [0.5, 0.6) is 0 Å². The van der Waals surface area contributed by atoms with E-state index in [0.717, 1.165) is 47.3 Å². The van der Waals surface area contributed by atoms with E-state index >= 15 is 0 Å². The van der Waals surface area contributed by atoms with Crippen LogP contribution in [0.4, 0.5) is 0 Å². The Hall–Kier alpha value is -0.350. The molecule has 4 fully saturated rings. The van der Waals surface area contributed by atoms with Gasteiger partial charge in [-0.05, 0) is 84.3 Å². The first kappa shape index (κ1) is 14.3. The second-order valence-corrected chi connectivity index (χ2v) is 10.1. The summed E-state index contributed by atoms with van der Waals surface area (Å²) in [4.78, 5) is 16.4. The van der Waals surface area contributed by atoms with Crippen molar-refractivity contribution >= 4 is 33.2 Å². The molecule has 0 aliphatic heterocycles. The van der Waals surface area contributed by atoms with Crippen molar-refractivity contribution in [2.75, 3.05) is 7.05 Å². The predicted octanol–water partition coefficient (Wildman–Crippen LogP) is 4.69. The van der Waals surface area contributed by atoms with E-state index in [1.165, 1.54) is 24.1 Å². The summed E-state index contributed by atoms with van der Waals surface area (Å²) in [5.41, 5.74) is -0.00199. The van der Waals surface area contributed by atoms with Gasteiger partial charge < -0.3 is 4.90 Å². The lowest BCUT2D eigenvalue weighted by atomic mass is 9.49. The molecule has 4 bridgehead atoms. The molecule has 2 nitrogen and oxygen atoms in total. The van der Waals surface area contributed by atoms with Crippen molar-refractivity contribution in [2.45, 2.75) is 45.1 Å².